The smallest absolute Gasteiger partial charge is 0.309 e. The van der Waals surface area contributed by atoms with Gasteiger partial charge in [0.05, 0.1) is 5.92 Å². The van der Waals surface area contributed by atoms with E-state index in [4.69, 9.17) is 4.74 Å². The minimum Gasteiger partial charge on any atom is -0.459 e. The van der Waals surface area contributed by atoms with Crippen LogP contribution < -0.4 is 0 Å². The zero-order valence-corrected chi connectivity index (χ0v) is 21.6. The molecule has 3 rings (SSSR count). The molecule has 0 radical (unpaired) electrons. The van der Waals surface area contributed by atoms with Crippen molar-refractivity contribution < 1.29 is 14.3 Å². The summed E-state index contributed by atoms with van der Waals surface area (Å²) in [7, 11) is 0. The van der Waals surface area contributed by atoms with E-state index in [2.05, 4.69) is 55.4 Å². The van der Waals surface area contributed by atoms with Crippen molar-refractivity contribution in [2.24, 2.45) is 46.3 Å². The van der Waals surface area contributed by atoms with E-state index >= 15 is 0 Å². The molecule has 0 aromatic carbocycles. The van der Waals surface area contributed by atoms with E-state index in [1.54, 1.807) is 0 Å². The van der Waals surface area contributed by atoms with Crippen LogP contribution in [0.5, 0.6) is 0 Å². The predicted octanol–water partition coefficient (Wildman–Crippen LogP) is 7.22. The SMILES string of the molecule is CCC(C)(C)C1C2CC(C(=O)OC(C)(CC)C3CCC(=O)CC3)C(C2)C1C(C)(C)CC. The van der Waals surface area contributed by atoms with E-state index in [0.29, 0.717) is 53.6 Å². The second-order valence-corrected chi connectivity index (χ2v) is 12.6. The summed E-state index contributed by atoms with van der Waals surface area (Å²) in [4.78, 5) is 25.3. The van der Waals surface area contributed by atoms with Crippen molar-refractivity contribution in [2.45, 2.75) is 119 Å². The third-order valence-electron chi connectivity index (χ3n) is 10.4. The van der Waals surface area contributed by atoms with Crippen LogP contribution >= 0.6 is 0 Å². The Morgan fingerprint density at radius 1 is 0.871 bits per heavy atom. The largest absolute Gasteiger partial charge is 0.459 e. The van der Waals surface area contributed by atoms with Gasteiger partial charge in [0.1, 0.15) is 11.4 Å². The number of esters is 1. The monoisotopic (exact) mass is 432 g/mol. The van der Waals surface area contributed by atoms with E-state index in [0.717, 1.165) is 32.1 Å². The van der Waals surface area contributed by atoms with E-state index in [-0.39, 0.29) is 17.3 Å². The molecule has 6 atom stereocenters. The first kappa shape index (κ1) is 24.8. The van der Waals surface area contributed by atoms with Crippen LogP contribution in [0, 0.1) is 46.3 Å². The number of Topliss-reactive ketones (excluding diaryl/α,β-unsaturated/α-hetero) is 1. The summed E-state index contributed by atoms with van der Waals surface area (Å²) in [6.07, 6.45) is 8.41. The quantitative estimate of drug-likeness (QED) is 0.380. The Morgan fingerprint density at radius 3 is 1.94 bits per heavy atom. The molecule has 0 saturated heterocycles. The Kier molecular flexibility index (Phi) is 7.05. The summed E-state index contributed by atoms with van der Waals surface area (Å²) in [5.41, 5.74) is 0.128. The third-order valence-corrected chi connectivity index (χ3v) is 10.4. The summed E-state index contributed by atoms with van der Waals surface area (Å²) in [5.74, 6) is 3.17. The fraction of sp³-hybridized carbons (Fsp3) is 0.929. The molecule has 3 nitrogen and oxygen atoms in total. The number of carbonyl (C=O) groups excluding carboxylic acids is 2. The topological polar surface area (TPSA) is 43.4 Å². The maximum Gasteiger partial charge on any atom is 0.309 e. The van der Waals surface area contributed by atoms with Crippen molar-refractivity contribution >= 4 is 11.8 Å². The zero-order valence-electron chi connectivity index (χ0n) is 21.6. The second-order valence-electron chi connectivity index (χ2n) is 12.6. The number of ether oxygens (including phenoxy) is 1. The van der Waals surface area contributed by atoms with Crippen LogP contribution in [-0.4, -0.2) is 17.4 Å². The summed E-state index contributed by atoms with van der Waals surface area (Å²) in [6.45, 7) is 18.6. The highest BCUT2D eigenvalue weighted by Crippen LogP contribution is 2.66. The molecule has 31 heavy (non-hydrogen) atoms. The lowest BCUT2D eigenvalue weighted by Gasteiger charge is -2.50. The van der Waals surface area contributed by atoms with Crippen LogP contribution in [0.15, 0.2) is 0 Å². The number of fused-ring (bicyclic) bond motifs is 2. The number of carbonyl (C=O) groups is 2. The van der Waals surface area contributed by atoms with E-state index in [1.807, 2.05) is 0 Å². The summed E-state index contributed by atoms with van der Waals surface area (Å²) in [5, 5.41) is 0. The molecule has 0 aromatic heterocycles. The Balaban J connectivity index is 1.80. The molecule has 0 amide bonds. The highest BCUT2D eigenvalue weighted by molar-refractivity contribution is 5.79. The average Bonchev–Trinajstić information content (AvgIpc) is 3.33. The van der Waals surface area contributed by atoms with Gasteiger partial charge in [-0.05, 0) is 79.4 Å². The van der Waals surface area contributed by atoms with Crippen LogP contribution in [0.2, 0.25) is 0 Å². The molecule has 0 spiro atoms. The van der Waals surface area contributed by atoms with Gasteiger partial charge in [0.2, 0.25) is 0 Å². The summed E-state index contributed by atoms with van der Waals surface area (Å²) < 4.78 is 6.39. The molecular formula is C28H48O3. The molecule has 0 aromatic rings. The average molecular weight is 433 g/mol. The Labute approximate surface area is 191 Å². The van der Waals surface area contributed by atoms with Gasteiger partial charge in [-0.3, -0.25) is 9.59 Å². The first-order valence-electron chi connectivity index (χ1n) is 13.1. The number of hydrogen-bond acceptors (Lipinski definition) is 3. The van der Waals surface area contributed by atoms with Crippen LogP contribution in [0.1, 0.15) is 113 Å². The van der Waals surface area contributed by atoms with Gasteiger partial charge in [-0.15, -0.1) is 0 Å². The standard InChI is InChI=1S/C28H48O3/c1-9-26(4,5)23-18-16-21(24(23)27(6,7)10-2)22(17-18)25(30)31-28(8,11-3)19-12-14-20(29)15-13-19/h18-19,21-24H,9-17H2,1-8H3. The first-order chi connectivity index (χ1) is 14.4. The predicted molar refractivity (Wildman–Crippen MR) is 127 cm³/mol. The van der Waals surface area contributed by atoms with Gasteiger partial charge in [0.15, 0.2) is 0 Å². The molecule has 6 unspecified atom stereocenters. The van der Waals surface area contributed by atoms with Crippen molar-refractivity contribution in [3.8, 4) is 0 Å². The molecule has 3 aliphatic carbocycles. The van der Waals surface area contributed by atoms with Crippen LogP contribution in [0.3, 0.4) is 0 Å². The molecule has 2 bridgehead atoms. The zero-order chi connectivity index (χ0) is 23.2. The number of hydrogen-bond donors (Lipinski definition) is 0. The highest BCUT2D eigenvalue weighted by Gasteiger charge is 2.61. The lowest BCUT2D eigenvalue weighted by molar-refractivity contribution is -0.176. The van der Waals surface area contributed by atoms with Crippen molar-refractivity contribution in [1.29, 1.82) is 0 Å². The number of rotatable bonds is 8. The second kappa shape index (κ2) is 8.82. The van der Waals surface area contributed by atoms with Crippen molar-refractivity contribution in [3.05, 3.63) is 0 Å². The van der Waals surface area contributed by atoms with E-state index in [1.165, 1.54) is 12.8 Å². The van der Waals surface area contributed by atoms with Crippen LogP contribution in [0.25, 0.3) is 0 Å². The molecular weight excluding hydrogens is 384 g/mol. The minimum atomic E-state index is -0.433. The maximum atomic E-state index is 13.6. The van der Waals surface area contributed by atoms with E-state index in [9.17, 15) is 9.59 Å². The Hall–Kier alpha value is -0.860. The van der Waals surface area contributed by atoms with Gasteiger partial charge >= 0.3 is 5.97 Å². The first-order valence-corrected chi connectivity index (χ1v) is 13.1. The van der Waals surface area contributed by atoms with Crippen LogP contribution in [-0.2, 0) is 14.3 Å². The van der Waals surface area contributed by atoms with Gasteiger partial charge in [0, 0.05) is 12.8 Å². The molecule has 0 N–H and O–H groups in total. The Bertz CT molecular complexity index is 668. The number of ketones is 1. The molecule has 0 heterocycles. The fourth-order valence-corrected chi connectivity index (χ4v) is 7.59. The summed E-state index contributed by atoms with van der Waals surface area (Å²) in [6, 6.07) is 0. The lowest BCUT2D eigenvalue weighted by atomic mass is 9.55. The summed E-state index contributed by atoms with van der Waals surface area (Å²) >= 11 is 0. The highest BCUT2D eigenvalue weighted by atomic mass is 16.6. The third kappa shape index (κ3) is 4.49. The normalized spacial score (nSPS) is 34.1. The van der Waals surface area contributed by atoms with Gasteiger partial charge in [-0.25, -0.2) is 0 Å². The van der Waals surface area contributed by atoms with Gasteiger partial charge in [-0.2, -0.15) is 0 Å². The van der Waals surface area contributed by atoms with Crippen molar-refractivity contribution in [3.63, 3.8) is 0 Å². The van der Waals surface area contributed by atoms with Gasteiger partial charge in [0.25, 0.3) is 0 Å². The van der Waals surface area contributed by atoms with Crippen LogP contribution in [0.4, 0.5) is 0 Å². The van der Waals surface area contributed by atoms with Gasteiger partial charge < -0.3 is 4.74 Å². The molecule has 3 saturated carbocycles. The molecule has 0 aliphatic heterocycles. The minimum absolute atomic E-state index is 0.0541. The lowest BCUT2D eigenvalue weighted by Crippen LogP contribution is -2.48. The Morgan fingerprint density at radius 2 is 1.42 bits per heavy atom. The molecule has 3 aliphatic rings. The van der Waals surface area contributed by atoms with Gasteiger partial charge in [-0.1, -0.05) is 61.3 Å². The molecule has 3 fully saturated rings. The van der Waals surface area contributed by atoms with Crippen molar-refractivity contribution in [2.75, 3.05) is 0 Å². The fourth-order valence-electron chi connectivity index (χ4n) is 7.59. The molecule has 178 valence electrons. The van der Waals surface area contributed by atoms with Crippen molar-refractivity contribution in [1.82, 2.24) is 0 Å². The maximum absolute atomic E-state index is 13.6. The van der Waals surface area contributed by atoms with E-state index < -0.39 is 5.60 Å². The molecule has 3 heteroatoms.